The second-order valence-electron chi connectivity index (χ2n) is 4.24. The Kier molecular flexibility index (Phi) is 9.03. The first kappa shape index (κ1) is 16.4. The molecule has 5 nitrogen and oxygen atoms in total. The summed E-state index contributed by atoms with van der Waals surface area (Å²) in [4.78, 5) is 13.8. The lowest BCUT2D eigenvalue weighted by Crippen LogP contribution is -2.49. The molecule has 1 amide bonds. The van der Waals surface area contributed by atoms with Crippen molar-refractivity contribution in [1.82, 2.24) is 10.2 Å². The largest absolute Gasteiger partial charge is 0.394 e. The molecule has 1 atom stereocenters. The molecule has 102 valence electrons. The molecule has 0 saturated heterocycles. The highest BCUT2D eigenvalue weighted by Gasteiger charge is 2.22. The number of rotatable bonds is 9. The number of carbonyl (C=O) groups is 1. The Labute approximate surface area is 104 Å². The third-order valence-electron chi connectivity index (χ3n) is 2.62. The molecule has 0 bridgehead atoms. The number of aliphatic hydroxyl groups excluding tert-OH is 1. The molecule has 2 N–H and O–H groups in total. The maximum atomic E-state index is 11.7. The van der Waals surface area contributed by atoms with Crippen LogP contribution in [0.25, 0.3) is 0 Å². The van der Waals surface area contributed by atoms with Gasteiger partial charge in [-0.15, -0.1) is 0 Å². The van der Waals surface area contributed by atoms with Crippen molar-refractivity contribution in [2.45, 2.75) is 39.8 Å². The van der Waals surface area contributed by atoms with Crippen LogP contribution >= 0.6 is 0 Å². The maximum Gasteiger partial charge on any atom is 0.237 e. The molecule has 0 aromatic heterocycles. The summed E-state index contributed by atoms with van der Waals surface area (Å²) in [5, 5.41) is 11.4. The molecule has 0 fully saturated rings. The van der Waals surface area contributed by atoms with Gasteiger partial charge in [-0.25, -0.2) is 0 Å². The Hall–Kier alpha value is -0.650. The van der Waals surface area contributed by atoms with Crippen LogP contribution in [0.1, 0.15) is 27.7 Å². The van der Waals surface area contributed by atoms with Gasteiger partial charge in [0.1, 0.15) is 0 Å². The Balaban J connectivity index is 4.16. The number of likely N-dealkylation sites (N-methyl/N-ethyl adjacent to an activating group) is 1. The van der Waals surface area contributed by atoms with Crippen molar-refractivity contribution in [2.75, 3.05) is 32.9 Å². The quantitative estimate of drug-likeness (QED) is 0.572. The lowest BCUT2D eigenvalue weighted by molar-refractivity contribution is -0.126. The Morgan fingerprint density at radius 3 is 2.47 bits per heavy atom. The molecule has 0 radical (unpaired) electrons. The highest BCUT2D eigenvalue weighted by Crippen LogP contribution is 2.05. The third-order valence-corrected chi connectivity index (χ3v) is 2.62. The summed E-state index contributed by atoms with van der Waals surface area (Å²) >= 11 is 0. The standard InChI is InChI=1S/C12H26N2O3/c1-5-13-12(16)11(4)14(10(2)3)6-8-17-9-7-15/h10-11,15H,5-9H2,1-4H3,(H,13,16). The van der Waals surface area contributed by atoms with Crippen LogP contribution in [0.2, 0.25) is 0 Å². The minimum absolute atomic E-state index is 0.0353. The summed E-state index contributed by atoms with van der Waals surface area (Å²) in [6.07, 6.45) is 0. The molecular formula is C12H26N2O3. The normalized spacial score (nSPS) is 13.1. The number of hydrogen-bond donors (Lipinski definition) is 2. The molecule has 0 aliphatic rings. The monoisotopic (exact) mass is 246 g/mol. The summed E-state index contributed by atoms with van der Waals surface area (Å²) in [7, 11) is 0. The molecule has 0 aliphatic heterocycles. The van der Waals surface area contributed by atoms with Crippen molar-refractivity contribution in [3.8, 4) is 0 Å². The lowest BCUT2D eigenvalue weighted by Gasteiger charge is -2.31. The van der Waals surface area contributed by atoms with E-state index in [9.17, 15) is 4.79 Å². The van der Waals surface area contributed by atoms with Crippen LogP contribution in [-0.2, 0) is 9.53 Å². The second-order valence-corrected chi connectivity index (χ2v) is 4.24. The lowest BCUT2D eigenvalue weighted by atomic mass is 10.2. The van der Waals surface area contributed by atoms with Crippen molar-refractivity contribution >= 4 is 5.91 Å². The zero-order valence-electron chi connectivity index (χ0n) is 11.4. The topological polar surface area (TPSA) is 61.8 Å². The van der Waals surface area contributed by atoms with Gasteiger partial charge >= 0.3 is 0 Å². The van der Waals surface area contributed by atoms with Crippen LogP contribution in [0.15, 0.2) is 0 Å². The number of carbonyl (C=O) groups excluding carboxylic acids is 1. The van der Waals surface area contributed by atoms with Gasteiger partial charge in [-0.05, 0) is 27.7 Å². The molecule has 0 saturated carbocycles. The summed E-state index contributed by atoms with van der Waals surface area (Å²) in [6, 6.07) is 0.123. The van der Waals surface area contributed by atoms with E-state index in [2.05, 4.69) is 24.1 Å². The number of amides is 1. The van der Waals surface area contributed by atoms with E-state index in [1.54, 1.807) is 0 Å². The van der Waals surface area contributed by atoms with Gasteiger partial charge in [0, 0.05) is 19.1 Å². The van der Waals surface area contributed by atoms with Crippen LogP contribution in [0, 0.1) is 0 Å². The van der Waals surface area contributed by atoms with Gasteiger partial charge in [0.2, 0.25) is 5.91 Å². The van der Waals surface area contributed by atoms with Crippen LogP contribution in [0.4, 0.5) is 0 Å². The number of hydrogen-bond acceptors (Lipinski definition) is 4. The fourth-order valence-electron chi connectivity index (χ4n) is 1.71. The Morgan fingerprint density at radius 1 is 1.35 bits per heavy atom. The molecule has 0 spiro atoms. The molecule has 0 aliphatic carbocycles. The van der Waals surface area contributed by atoms with E-state index in [0.29, 0.717) is 26.3 Å². The van der Waals surface area contributed by atoms with E-state index in [1.807, 2.05) is 13.8 Å². The molecule has 17 heavy (non-hydrogen) atoms. The van der Waals surface area contributed by atoms with Gasteiger partial charge < -0.3 is 15.2 Å². The number of ether oxygens (including phenoxy) is 1. The van der Waals surface area contributed by atoms with E-state index >= 15 is 0 Å². The summed E-state index contributed by atoms with van der Waals surface area (Å²) in [6.45, 7) is 10.2. The maximum absolute atomic E-state index is 11.7. The highest BCUT2D eigenvalue weighted by molar-refractivity contribution is 5.81. The van der Waals surface area contributed by atoms with Crippen molar-refractivity contribution in [2.24, 2.45) is 0 Å². The van der Waals surface area contributed by atoms with E-state index in [4.69, 9.17) is 9.84 Å². The van der Waals surface area contributed by atoms with E-state index in [1.165, 1.54) is 0 Å². The van der Waals surface area contributed by atoms with Crippen molar-refractivity contribution < 1.29 is 14.6 Å². The fourth-order valence-corrected chi connectivity index (χ4v) is 1.71. The highest BCUT2D eigenvalue weighted by atomic mass is 16.5. The average molecular weight is 246 g/mol. The van der Waals surface area contributed by atoms with Crippen LogP contribution < -0.4 is 5.32 Å². The zero-order chi connectivity index (χ0) is 13.3. The third kappa shape index (κ3) is 6.61. The van der Waals surface area contributed by atoms with Gasteiger partial charge in [0.05, 0.1) is 25.9 Å². The Morgan fingerprint density at radius 2 is 2.00 bits per heavy atom. The van der Waals surface area contributed by atoms with Crippen molar-refractivity contribution in [3.05, 3.63) is 0 Å². The summed E-state index contributed by atoms with van der Waals surface area (Å²) in [5.74, 6) is 0.0448. The minimum Gasteiger partial charge on any atom is -0.394 e. The van der Waals surface area contributed by atoms with Gasteiger partial charge in [-0.1, -0.05) is 0 Å². The molecule has 0 heterocycles. The number of nitrogens with zero attached hydrogens (tertiary/aromatic N) is 1. The van der Waals surface area contributed by atoms with E-state index < -0.39 is 0 Å². The first-order chi connectivity index (χ1) is 8.04. The molecule has 0 aromatic rings. The first-order valence-corrected chi connectivity index (χ1v) is 6.26. The van der Waals surface area contributed by atoms with Gasteiger partial charge in [0.15, 0.2) is 0 Å². The minimum atomic E-state index is -0.160. The second kappa shape index (κ2) is 9.39. The van der Waals surface area contributed by atoms with Crippen molar-refractivity contribution in [1.29, 1.82) is 0 Å². The van der Waals surface area contributed by atoms with Gasteiger partial charge in [-0.2, -0.15) is 0 Å². The van der Waals surface area contributed by atoms with Gasteiger partial charge in [-0.3, -0.25) is 9.69 Å². The average Bonchev–Trinajstić information content (AvgIpc) is 2.28. The zero-order valence-corrected chi connectivity index (χ0v) is 11.4. The van der Waals surface area contributed by atoms with Crippen LogP contribution in [0.5, 0.6) is 0 Å². The predicted molar refractivity (Wildman–Crippen MR) is 67.9 cm³/mol. The van der Waals surface area contributed by atoms with Crippen LogP contribution in [0.3, 0.4) is 0 Å². The molecule has 0 aromatic carbocycles. The summed E-state index contributed by atoms with van der Waals surface area (Å²) < 4.78 is 5.23. The summed E-state index contributed by atoms with van der Waals surface area (Å²) in [5.41, 5.74) is 0. The van der Waals surface area contributed by atoms with Gasteiger partial charge in [0.25, 0.3) is 0 Å². The molecule has 5 heteroatoms. The molecule has 0 rings (SSSR count). The Bertz CT molecular complexity index is 210. The number of aliphatic hydroxyl groups is 1. The smallest absolute Gasteiger partial charge is 0.237 e. The first-order valence-electron chi connectivity index (χ1n) is 6.26. The number of nitrogens with one attached hydrogen (secondary N) is 1. The van der Waals surface area contributed by atoms with E-state index in [-0.39, 0.29) is 24.6 Å². The molecular weight excluding hydrogens is 220 g/mol. The molecule has 1 unspecified atom stereocenters. The van der Waals surface area contributed by atoms with E-state index in [0.717, 1.165) is 0 Å². The fraction of sp³-hybridized carbons (Fsp3) is 0.917. The van der Waals surface area contributed by atoms with Crippen LogP contribution in [-0.4, -0.2) is 60.9 Å². The predicted octanol–water partition coefficient (Wildman–Crippen LogP) is 0.230. The van der Waals surface area contributed by atoms with Crippen molar-refractivity contribution in [3.63, 3.8) is 0 Å². The SMILES string of the molecule is CCNC(=O)C(C)N(CCOCCO)C(C)C.